The highest BCUT2D eigenvalue weighted by Gasteiger charge is 2.53. The highest BCUT2D eigenvalue weighted by atomic mass is 16.3. The minimum Gasteiger partial charge on any atom is -0.446 e. The van der Waals surface area contributed by atoms with Crippen LogP contribution in [0.4, 0.5) is 0 Å². The molecule has 0 spiro atoms. The monoisotopic (exact) mass is 319 g/mol. The lowest BCUT2D eigenvalue weighted by Crippen LogP contribution is -2.54. The van der Waals surface area contributed by atoms with Crippen molar-refractivity contribution < 1.29 is 9.21 Å². The van der Waals surface area contributed by atoms with Crippen LogP contribution in [0.15, 0.2) is 10.7 Å². The third-order valence-electron chi connectivity index (χ3n) is 6.28. The van der Waals surface area contributed by atoms with Crippen molar-refractivity contribution in [2.24, 2.45) is 34.8 Å². The van der Waals surface area contributed by atoms with E-state index < -0.39 is 0 Å². The van der Waals surface area contributed by atoms with Gasteiger partial charge in [-0.1, -0.05) is 27.7 Å². The molecule has 0 aliphatic heterocycles. The Bertz CT molecular complexity index is 577. The van der Waals surface area contributed by atoms with Crippen LogP contribution in [0.5, 0.6) is 0 Å². The number of hydrogen-bond donors (Lipinski definition) is 2. The zero-order valence-corrected chi connectivity index (χ0v) is 14.6. The zero-order valence-electron chi connectivity index (χ0n) is 14.6. The van der Waals surface area contributed by atoms with E-state index in [1.807, 2.05) is 13.8 Å². The van der Waals surface area contributed by atoms with Crippen molar-refractivity contribution >= 4 is 5.91 Å². The lowest BCUT2D eigenvalue weighted by atomic mass is 9.45. The number of hydrogen-bond acceptors (Lipinski definition) is 4. The first kappa shape index (κ1) is 16.5. The van der Waals surface area contributed by atoms with Crippen molar-refractivity contribution in [1.29, 1.82) is 0 Å². The Hall–Kier alpha value is -1.36. The van der Waals surface area contributed by atoms with Gasteiger partial charge in [0.1, 0.15) is 6.26 Å². The molecule has 5 nitrogen and oxygen atoms in total. The minimum atomic E-state index is -0.275. The molecule has 1 aromatic heterocycles. The largest absolute Gasteiger partial charge is 0.446 e. The van der Waals surface area contributed by atoms with Gasteiger partial charge in [0, 0.05) is 6.54 Å². The van der Waals surface area contributed by atoms with Gasteiger partial charge in [-0.2, -0.15) is 0 Å². The Balaban J connectivity index is 1.56. The van der Waals surface area contributed by atoms with Gasteiger partial charge in [-0.05, 0) is 48.3 Å². The predicted octanol–water partition coefficient (Wildman–Crippen LogP) is 3.13. The van der Waals surface area contributed by atoms with Crippen molar-refractivity contribution in [3.63, 3.8) is 0 Å². The van der Waals surface area contributed by atoms with E-state index in [-0.39, 0.29) is 17.9 Å². The molecule has 1 heterocycles. The molecule has 0 aromatic carbocycles. The van der Waals surface area contributed by atoms with E-state index in [0.29, 0.717) is 22.9 Å². The average molecular weight is 319 g/mol. The SMILES string of the molecule is CC(C)C(N)c1nc(C(=O)NCC2CCC3CC2C3(C)C)co1. The van der Waals surface area contributed by atoms with Crippen LogP contribution in [-0.4, -0.2) is 17.4 Å². The van der Waals surface area contributed by atoms with E-state index in [0.717, 1.165) is 18.4 Å². The summed E-state index contributed by atoms with van der Waals surface area (Å²) in [6.07, 6.45) is 5.25. The third-order valence-corrected chi connectivity index (χ3v) is 6.28. The summed E-state index contributed by atoms with van der Waals surface area (Å²) in [5, 5.41) is 3.04. The molecular formula is C18H29N3O2. The van der Waals surface area contributed by atoms with Crippen LogP contribution in [0.1, 0.15) is 69.4 Å². The Morgan fingerprint density at radius 2 is 2.22 bits per heavy atom. The van der Waals surface area contributed by atoms with Crippen LogP contribution < -0.4 is 11.1 Å². The number of oxazole rings is 1. The molecule has 4 unspecified atom stereocenters. The van der Waals surface area contributed by atoms with Crippen molar-refractivity contribution in [3.8, 4) is 0 Å². The Morgan fingerprint density at radius 3 is 2.83 bits per heavy atom. The number of rotatable bonds is 5. The fourth-order valence-electron chi connectivity index (χ4n) is 4.35. The highest BCUT2D eigenvalue weighted by molar-refractivity contribution is 5.91. The molecule has 2 bridgehead atoms. The summed E-state index contributed by atoms with van der Waals surface area (Å²) < 4.78 is 5.37. The van der Waals surface area contributed by atoms with Crippen LogP contribution in [0, 0.1) is 29.1 Å². The Morgan fingerprint density at radius 1 is 1.48 bits per heavy atom. The first-order chi connectivity index (χ1) is 10.8. The number of nitrogens with zero attached hydrogens (tertiary/aromatic N) is 1. The summed E-state index contributed by atoms with van der Waals surface area (Å²) in [4.78, 5) is 16.5. The Labute approximate surface area is 138 Å². The van der Waals surface area contributed by atoms with Crippen molar-refractivity contribution in [2.45, 2.75) is 53.0 Å². The molecule has 4 rings (SSSR count). The molecule has 3 saturated carbocycles. The lowest BCUT2D eigenvalue weighted by Gasteiger charge is -2.60. The van der Waals surface area contributed by atoms with Crippen LogP contribution in [0.25, 0.3) is 0 Å². The van der Waals surface area contributed by atoms with Crippen LogP contribution in [-0.2, 0) is 0 Å². The summed E-state index contributed by atoms with van der Waals surface area (Å²) in [7, 11) is 0. The molecule has 4 atom stereocenters. The minimum absolute atomic E-state index is 0.157. The van der Waals surface area contributed by atoms with Crippen molar-refractivity contribution in [2.75, 3.05) is 6.54 Å². The topological polar surface area (TPSA) is 81.1 Å². The van der Waals surface area contributed by atoms with Gasteiger partial charge in [0.2, 0.25) is 5.89 Å². The van der Waals surface area contributed by atoms with Crippen LogP contribution >= 0.6 is 0 Å². The first-order valence-corrected chi connectivity index (χ1v) is 8.80. The van der Waals surface area contributed by atoms with Gasteiger partial charge < -0.3 is 15.5 Å². The fraction of sp³-hybridized carbons (Fsp3) is 0.778. The second-order valence-electron chi connectivity index (χ2n) is 8.25. The molecule has 3 aliphatic rings. The van der Waals surface area contributed by atoms with Crippen molar-refractivity contribution in [3.05, 3.63) is 17.8 Å². The van der Waals surface area contributed by atoms with E-state index in [9.17, 15) is 4.79 Å². The van der Waals surface area contributed by atoms with Gasteiger partial charge in [-0.15, -0.1) is 0 Å². The first-order valence-electron chi connectivity index (χ1n) is 8.80. The van der Waals surface area contributed by atoms with E-state index in [4.69, 9.17) is 10.2 Å². The third kappa shape index (κ3) is 2.91. The number of aromatic nitrogens is 1. The summed E-state index contributed by atoms with van der Waals surface area (Å²) in [6.45, 7) is 9.49. The molecule has 3 aliphatic carbocycles. The Kier molecular flexibility index (Phi) is 4.25. The van der Waals surface area contributed by atoms with Gasteiger partial charge in [-0.25, -0.2) is 4.98 Å². The number of fused-ring (bicyclic) bond motifs is 2. The van der Waals surface area contributed by atoms with Gasteiger partial charge >= 0.3 is 0 Å². The average Bonchev–Trinajstić information content (AvgIpc) is 3.01. The molecule has 1 aromatic rings. The predicted molar refractivity (Wildman–Crippen MR) is 88.7 cm³/mol. The molecule has 0 saturated heterocycles. The fourth-order valence-corrected chi connectivity index (χ4v) is 4.35. The lowest BCUT2D eigenvalue weighted by molar-refractivity contribution is -0.103. The van der Waals surface area contributed by atoms with E-state index >= 15 is 0 Å². The number of carbonyl (C=O) groups excluding carboxylic acids is 1. The maximum atomic E-state index is 12.3. The molecule has 5 heteroatoms. The van der Waals surface area contributed by atoms with E-state index in [1.165, 1.54) is 25.5 Å². The van der Waals surface area contributed by atoms with E-state index in [1.54, 1.807) is 0 Å². The number of nitrogens with one attached hydrogen (secondary N) is 1. The molecule has 3 fully saturated rings. The van der Waals surface area contributed by atoms with Gasteiger partial charge in [0.05, 0.1) is 6.04 Å². The maximum absolute atomic E-state index is 12.3. The second kappa shape index (κ2) is 5.93. The van der Waals surface area contributed by atoms with Gasteiger partial charge in [0.15, 0.2) is 5.69 Å². The maximum Gasteiger partial charge on any atom is 0.273 e. The second-order valence-corrected chi connectivity index (χ2v) is 8.25. The number of carbonyl (C=O) groups is 1. The van der Waals surface area contributed by atoms with Gasteiger partial charge in [0.25, 0.3) is 5.91 Å². The quantitative estimate of drug-likeness (QED) is 0.873. The molecule has 128 valence electrons. The highest BCUT2D eigenvalue weighted by Crippen LogP contribution is 2.61. The van der Waals surface area contributed by atoms with Crippen molar-refractivity contribution in [1.82, 2.24) is 10.3 Å². The van der Waals surface area contributed by atoms with Gasteiger partial charge in [-0.3, -0.25) is 4.79 Å². The summed E-state index contributed by atoms with van der Waals surface area (Å²) in [6, 6.07) is -0.275. The normalized spacial score (nSPS) is 29.9. The smallest absolute Gasteiger partial charge is 0.273 e. The summed E-state index contributed by atoms with van der Waals surface area (Å²) in [5.74, 6) is 2.71. The number of amides is 1. The molecule has 1 amide bonds. The molecule has 3 N–H and O–H groups in total. The zero-order chi connectivity index (χ0) is 16.8. The summed E-state index contributed by atoms with van der Waals surface area (Å²) in [5.41, 5.74) is 6.78. The number of nitrogens with two attached hydrogens (primary N) is 1. The standard InChI is InChI=1S/C18H29N3O2/c1-10(2)15(19)17-21-14(9-23-17)16(22)20-8-11-5-6-12-7-13(11)18(12,3)4/h9-13,15H,5-8,19H2,1-4H3,(H,20,22). The van der Waals surface area contributed by atoms with Crippen LogP contribution in [0.2, 0.25) is 0 Å². The van der Waals surface area contributed by atoms with E-state index in [2.05, 4.69) is 24.1 Å². The summed E-state index contributed by atoms with van der Waals surface area (Å²) >= 11 is 0. The molecular weight excluding hydrogens is 290 g/mol. The molecule has 23 heavy (non-hydrogen) atoms. The van der Waals surface area contributed by atoms with Crippen LogP contribution in [0.3, 0.4) is 0 Å². The molecule has 0 radical (unpaired) electrons.